The highest BCUT2D eigenvalue weighted by molar-refractivity contribution is 5.64. The van der Waals surface area contributed by atoms with Crippen molar-refractivity contribution in [2.75, 3.05) is 0 Å². The number of unbranched alkanes of at least 4 members (excludes halogenated alkanes) is 1. The quantitative estimate of drug-likeness (QED) is 0.621. The average molecular weight is 224 g/mol. The predicted molar refractivity (Wildman–Crippen MR) is 58.5 cm³/mol. The molecule has 0 saturated carbocycles. The maximum atomic E-state index is 10.3. The number of carboxylic acids is 1. The van der Waals surface area contributed by atoms with Crippen LogP contribution in [-0.4, -0.2) is 10.5 Å². The highest BCUT2D eigenvalue weighted by atomic mass is 16.4. The van der Waals surface area contributed by atoms with Gasteiger partial charge in [0.05, 0.1) is 13.6 Å². The molecule has 0 aromatic carbocycles. The molecule has 0 spiro atoms. The number of carbonyl (C=O) groups is 1. The largest absolute Gasteiger partial charge is 0.550 e. The summed E-state index contributed by atoms with van der Waals surface area (Å²) in [7, 11) is 2.03. The van der Waals surface area contributed by atoms with Gasteiger partial charge in [-0.3, -0.25) is 0 Å². The maximum absolute atomic E-state index is 10.3. The maximum Gasteiger partial charge on any atom is 0.256 e. The van der Waals surface area contributed by atoms with Gasteiger partial charge in [-0.1, -0.05) is 13.3 Å². The van der Waals surface area contributed by atoms with Gasteiger partial charge < -0.3 is 9.90 Å². The van der Waals surface area contributed by atoms with Crippen molar-refractivity contribution in [2.45, 2.75) is 45.6 Å². The number of nitrogens with zero attached hydrogens (tertiary/aromatic N) is 2. The van der Waals surface area contributed by atoms with Gasteiger partial charge in [0, 0.05) is 12.4 Å². The van der Waals surface area contributed by atoms with Crippen molar-refractivity contribution in [2.24, 2.45) is 7.05 Å². The lowest BCUT2D eigenvalue weighted by Crippen LogP contribution is -2.32. The fourth-order valence-electron chi connectivity index (χ4n) is 1.81. The Morgan fingerprint density at radius 3 is 2.88 bits per heavy atom. The number of imidazole rings is 1. The lowest BCUT2D eigenvalue weighted by Gasteiger charge is -2.03. The lowest BCUT2D eigenvalue weighted by molar-refractivity contribution is -0.678. The molecule has 0 aliphatic rings. The van der Waals surface area contributed by atoms with E-state index >= 15 is 0 Å². The summed E-state index contributed by atoms with van der Waals surface area (Å²) in [6.07, 6.45) is 8.18. The van der Waals surface area contributed by atoms with Crippen molar-refractivity contribution in [1.29, 1.82) is 0 Å². The van der Waals surface area contributed by atoms with Crippen LogP contribution in [0.4, 0.5) is 0 Å². The Labute approximate surface area is 96.5 Å². The minimum Gasteiger partial charge on any atom is -0.550 e. The zero-order valence-electron chi connectivity index (χ0n) is 10.1. The molecular formula is C12H20N2O2. The first kappa shape index (κ1) is 12.7. The fraction of sp³-hybridized carbons (Fsp3) is 0.667. The average Bonchev–Trinajstić information content (AvgIpc) is 2.57. The van der Waals surface area contributed by atoms with Crippen molar-refractivity contribution in [3.63, 3.8) is 0 Å². The number of hydrogen-bond donors (Lipinski definition) is 0. The first-order chi connectivity index (χ1) is 7.65. The topological polar surface area (TPSA) is 48.9 Å². The van der Waals surface area contributed by atoms with Crippen LogP contribution in [0.1, 0.15) is 38.4 Å². The third-order valence-corrected chi connectivity index (χ3v) is 2.74. The van der Waals surface area contributed by atoms with Gasteiger partial charge in [0.25, 0.3) is 5.82 Å². The van der Waals surface area contributed by atoms with Crippen LogP contribution in [0.25, 0.3) is 0 Å². The first-order valence-corrected chi connectivity index (χ1v) is 5.88. The number of carbonyl (C=O) groups excluding carboxylic acids is 1. The van der Waals surface area contributed by atoms with Crippen LogP contribution < -0.4 is 9.67 Å². The van der Waals surface area contributed by atoms with Gasteiger partial charge >= 0.3 is 0 Å². The standard InChI is InChI=1S/C12H20N2O2/c1-3-4-6-11-13(2)9-10-14(11)8-5-7-12(15)16/h9-10H,3-8H2,1-2H3. The molecule has 4 heteroatoms. The Bertz CT molecular complexity index is 345. The zero-order valence-corrected chi connectivity index (χ0v) is 10.1. The van der Waals surface area contributed by atoms with Gasteiger partial charge in [-0.05, 0) is 19.3 Å². The zero-order chi connectivity index (χ0) is 12.0. The molecular weight excluding hydrogens is 204 g/mol. The molecule has 1 aromatic heterocycles. The second kappa shape index (κ2) is 6.30. The minimum absolute atomic E-state index is 0.134. The molecule has 0 unspecified atom stereocenters. The molecule has 0 amide bonds. The smallest absolute Gasteiger partial charge is 0.256 e. The number of hydrogen-bond acceptors (Lipinski definition) is 2. The Morgan fingerprint density at radius 2 is 2.25 bits per heavy atom. The normalized spacial score (nSPS) is 10.6. The van der Waals surface area contributed by atoms with Crippen LogP contribution in [0.2, 0.25) is 0 Å². The van der Waals surface area contributed by atoms with Crippen molar-refractivity contribution >= 4 is 5.97 Å². The molecule has 1 heterocycles. The van der Waals surface area contributed by atoms with Crippen LogP contribution in [-0.2, 0) is 24.8 Å². The van der Waals surface area contributed by atoms with E-state index < -0.39 is 5.97 Å². The van der Waals surface area contributed by atoms with E-state index in [1.54, 1.807) is 0 Å². The molecule has 16 heavy (non-hydrogen) atoms. The third-order valence-electron chi connectivity index (χ3n) is 2.74. The molecule has 0 N–H and O–H groups in total. The van der Waals surface area contributed by atoms with Crippen LogP contribution in [0.3, 0.4) is 0 Å². The summed E-state index contributed by atoms with van der Waals surface area (Å²) in [6.45, 7) is 2.93. The molecule has 0 saturated heterocycles. The molecule has 0 bridgehead atoms. The van der Waals surface area contributed by atoms with Gasteiger partial charge in [0.1, 0.15) is 12.4 Å². The van der Waals surface area contributed by atoms with Crippen molar-refractivity contribution in [3.05, 3.63) is 18.2 Å². The van der Waals surface area contributed by atoms with E-state index in [4.69, 9.17) is 0 Å². The molecule has 0 atom stereocenters. The van der Waals surface area contributed by atoms with Crippen molar-refractivity contribution in [3.8, 4) is 0 Å². The van der Waals surface area contributed by atoms with Gasteiger partial charge in [-0.2, -0.15) is 0 Å². The van der Waals surface area contributed by atoms with Crippen molar-refractivity contribution < 1.29 is 14.5 Å². The van der Waals surface area contributed by atoms with E-state index in [1.807, 2.05) is 19.4 Å². The molecule has 0 fully saturated rings. The third kappa shape index (κ3) is 3.68. The summed E-state index contributed by atoms with van der Waals surface area (Å²) in [5.41, 5.74) is 0. The number of carboxylic acid groups (broad SMARTS) is 1. The summed E-state index contributed by atoms with van der Waals surface area (Å²) in [6, 6.07) is 0. The Morgan fingerprint density at radius 1 is 1.50 bits per heavy atom. The molecule has 1 aromatic rings. The number of aliphatic carboxylic acids is 1. The van der Waals surface area contributed by atoms with Gasteiger partial charge in [-0.25, -0.2) is 9.13 Å². The summed E-state index contributed by atoms with van der Waals surface area (Å²) in [5.74, 6) is 0.298. The number of aromatic nitrogens is 2. The molecule has 4 nitrogen and oxygen atoms in total. The SMILES string of the molecule is CCCCc1n(CCCC(=O)[O-])cc[n+]1C. The minimum atomic E-state index is -0.966. The van der Waals surface area contributed by atoms with Crippen molar-refractivity contribution in [1.82, 2.24) is 4.57 Å². The Balaban J connectivity index is 2.54. The lowest BCUT2D eigenvalue weighted by atomic mass is 10.2. The summed E-state index contributed by atoms with van der Waals surface area (Å²) < 4.78 is 4.24. The van der Waals surface area contributed by atoms with E-state index in [2.05, 4.69) is 16.1 Å². The number of aryl methyl sites for hydroxylation is 2. The highest BCUT2D eigenvalue weighted by Crippen LogP contribution is 2.03. The summed E-state index contributed by atoms with van der Waals surface area (Å²) in [4.78, 5) is 10.3. The molecule has 0 aliphatic carbocycles. The summed E-state index contributed by atoms with van der Waals surface area (Å²) >= 11 is 0. The summed E-state index contributed by atoms with van der Waals surface area (Å²) in [5, 5.41) is 10.3. The predicted octanol–water partition coefficient (Wildman–Crippen LogP) is 0.185. The van der Waals surface area contributed by atoms with E-state index in [-0.39, 0.29) is 6.42 Å². The Hall–Kier alpha value is -1.32. The van der Waals surface area contributed by atoms with E-state index in [9.17, 15) is 9.90 Å². The van der Waals surface area contributed by atoms with Gasteiger partial charge in [0.2, 0.25) is 0 Å². The second-order valence-corrected chi connectivity index (χ2v) is 4.10. The van der Waals surface area contributed by atoms with E-state index in [1.165, 1.54) is 18.7 Å². The monoisotopic (exact) mass is 224 g/mol. The highest BCUT2D eigenvalue weighted by Gasteiger charge is 2.12. The fourth-order valence-corrected chi connectivity index (χ4v) is 1.81. The molecule has 1 rings (SSSR count). The molecule has 0 aliphatic heterocycles. The van der Waals surface area contributed by atoms with Crippen LogP contribution in [0.15, 0.2) is 12.4 Å². The Kier molecular flexibility index (Phi) is 5.02. The van der Waals surface area contributed by atoms with Crippen LogP contribution >= 0.6 is 0 Å². The van der Waals surface area contributed by atoms with Crippen LogP contribution in [0, 0.1) is 0 Å². The van der Waals surface area contributed by atoms with E-state index in [0.717, 1.165) is 13.0 Å². The molecule has 90 valence electrons. The number of rotatable bonds is 7. The van der Waals surface area contributed by atoms with Crippen LogP contribution in [0.5, 0.6) is 0 Å². The van der Waals surface area contributed by atoms with Gasteiger partial charge in [-0.15, -0.1) is 0 Å². The second-order valence-electron chi connectivity index (χ2n) is 4.10. The van der Waals surface area contributed by atoms with Gasteiger partial charge in [0.15, 0.2) is 0 Å². The van der Waals surface area contributed by atoms with E-state index in [0.29, 0.717) is 6.42 Å². The molecule has 0 radical (unpaired) electrons. The first-order valence-electron chi connectivity index (χ1n) is 5.88.